The van der Waals surface area contributed by atoms with Crippen LogP contribution in [-0.4, -0.2) is 48.9 Å². The number of aromatic nitrogens is 4. The van der Waals surface area contributed by atoms with Gasteiger partial charge < -0.3 is 20.3 Å². The lowest BCUT2D eigenvalue weighted by atomic mass is 10.0. The number of ether oxygens (including phenoxy) is 2. The molecule has 2 aromatic heterocycles. The molecule has 1 fully saturated rings. The first-order valence-electron chi connectivity index (χ1n) is 13.0. The third kappa shape index (κ3) is 7.57. The molecule has 0 aromatic carbocycles. The second-order valence-electron chi connectivity index (χ2n) is 9.78. The van der Waals surface area contributed by atoms with Gasteiger partial charge in [-0.15, -0.1) is 0 Å². The largest absolute Gasteiger partial charge is 0.462 e. The number of halogens is 1. The summed E-state index contributed by atoms with van der Waals surface area (Å²) in [5, 5.41) is 10.6. The molecule has 0 bridgehead atoms. The van der Waals surface area contributed by atoms with E-state index in [9.17, 15) is 14.3 Å². The van der Waals surface area contributed by atoms with Gasteiger partial charge in [-0.2, -0.15) is 14.4 Å². The van der Waals surface area contributed by atoms with Crippen molar-refractivity contribution in [3.63, 3.8) is 0 Å². The van der Waals surface area contributed by atoms with Gasteiger partial charge in [0.2, 0.25) is 0 Å². The molecule has 0 radical (unpaired) electrons. The summed E-state index contributed by atoms with van der Waals surface area (Å²) in [5.74, 6) is -0.360. The van der Waals surface area contributed by atoms with E-state index < -0.39 is 24.0 Å². The number of nitrogens with two attached hydrogens (primary N) is 1. The minimum Gasteiger partial charge on any atom is -0.462 e. The van der Waals surface area contributed by atoms with Gasteiger partial charge in [-0.05, 0) is 13.3 Å². The molecule has 1 aliphatic rings. The summed E-state index contributed by atoms with van der Waals surface area (Å²) in [5.41, 5.74) is 5.07. The number of rotatable bonds is 15. The van der Waals surface area contributed by atoms with Crippen LogP contribution in [0.2, 0.25) is 0 Å². The van der Waals surface area contributed by atoms with E-state index in [4.69, 9.17) is 15.2 Å². The predicted octanol–water partition coefficient (Wildman–Crippen LogP) is 4.83. The first kappa shape index (κ1) is 27.3. The Hall–Kier alpha value is -2.33. The standard InChI is InChI=1S/C25H40FN5O4/c1-3-4-5-6-7-8-9-10-11-12-13-14-20(33)34-16-25(2)18(32)15-19(35-25)31-17-28-21-22(27)29-24(26)30-23(21)31/h17-19,32H,3-16H2,1-2H3,(H2,27,29,30)/t18-,19+,25+/m0/s1. The fourth-order valence-corrected chi connectivity index (χ4v) is 4.53. The molecule has 0 aliphatic carbocycles. The number of nitrogens with zero attached hydrogens (tertiary/aromatic N) is 4. The number of fused-ring (bicyclic) bond motifs is 1. The van der Waals surface area contributed by atoms with E-state index in [1.807, 2.05) is 0 Å². The normalized spacial score (nSPS) is 22.2. The number of aliphatic hydroxyl groups excluding tert-OH is 1. The van der Waals surface area contributed by atoms with Gasteiger partial charge in [-0.25, -0.2) is 4.98 Å². The number of nitrogen functional groups attached to an aromatic ring is 1. The van der Waals surface area contributed by atoms with Crippen LogP contribution in [-0.2, 0) is 14.3 Å². The second-order valence-corrected chi connectivity index (χ2v) is 9.78. The third-order valence-electron chi connectivity index (χ3n) is 6.77. The van der Waals surface area contributed by atoms with Crippen LogP contribution >= 0.6 is 0 Å². The third-order valence-corrected chi connectivity index (χ3v) is 6.77. The number of unbranched alkanes of at least 4 members (excludes halogenated alkanes) is 10. The van der Waals surface area contributed by atoms with Crippen LogP contribution in [0, 0.1) is 6.08 Å². The molecular weight excluding hydrogens is 453 g/mol. The van der Waals surface area contributed by atoms with Crippen LogP contribution in [0.3, 0.4) is 0 Å². The van der Waals surface area contributed by atoms with Crippen molar-refractivity contribution in [2.75, 3.05) is 12.3 Å². The van der Waals surface area contributed by atoms with Gasteiger partial charge in [0.05, 0.1) is 12.4 Å². The van der Waals surface area contributed by atoms with Crippen LogP contribution in [0.25, 0.3) is 11.2 Å². The number of esters is 1. The Balaban J connectivity index is 1.35. The minimum atomic E-state index is -1.09. The summed E-state index contributed by atoms with van der Waals surface area (Å²) in [6.45, 7) is 3.86. The summed E-state index contributed by atoms with van der Waals surface area (Å²) in [6.07, 6.45) is 12.9. The van der Waals surface area contributed by atoms with Crippen molar-refractivity contribution < 1.29 is 23.8 Å². The fraction of sp³-hybridized carbons (Fsp3) is 0.760. The van der Waals surface area contributed by atoms with Gasteiger partial charge >= 0.3 is 12.0 Å². The van der Waals surface area contributed by atoms with E-state index in [1.54, 1.807) is 6.92 Å². The van der Waals surface area contributed by atoms with Crippen LogP contribution in [0.5, 0.6) is 0 Å². The van der Waals surface area contributed by atoms with Crippen LogP contribution in [0.15, 0.2) is 6.33 Å². The van der Waals surface area contributed by atoms with Crippen molar-refractivity contribution in [1.29, 1.82) is 0 Å². The molecule has 3 heterocycles. The van der Waals surface area contributed by atoms with Gasteiger partial charge in [0.15, 0.2) is 17.0 Å². The lowest BCUT2D eigenvalue weighted by molar-refractivity contribution is -0.162. The van der Waals surface area contributed by atoms with Gasteiger partial charge in [-0.3, -0.25) is 9.36 Å². The van der Waals surface area contributed by atoms with Crippen molar-refractivity contribution in [1.82, 2.24) is 19.5 Å². The zero-order valence-electron chi connectivity index (χ0n) is 21.0. The molecule has 10 heteroatoms. The first-order chi connectivity index (χ1) is 16.8. The Morgan fingerprint density at radius 2 is 1.80 bits per heavy atom. The Bertz CT molecular complexity index is 955. The van der Waals surface area contributed by atoms with Crippen LogP contribution in [0.4, 0.5) is 10.2 Å². The van der Waals surface area contributed by atoms with Crippen LogP contribution < -0.4 is 5.73 Å². The van der Waals surface area contributed by atoms with E-state index in [0.717, 1.165) is 19.3 Å². The fourth-order valence-electron chi connectivity index (χ4n) is 4.53. The number of aliphatic hydroxyl groups is 1. The topological polar surface area (TPSA) is 125 Å². The van der Waals surface area contributed by atoms with E-state index in [2.05, 4.69) is 21.9 Å². The van der Waals surface area contributed by atoms with E-state index in [1.165, 1.54) is 62.3 Å². The maximum Gasteiger partial charge on any atom is 0.312 e. The zero-order chi connectivity index (χ0) is 25.3. The molecule has 1 saturated heterocycles. The molecule has 3 rings (SSSR count). The van der Waals surface area contributed by atoms with Gasteiger partial charge in [0.25, 0.3) is 0 Å². The Morgan fingerprint density at radius 3 is 2.46 bits per heavy atom. The van der Waals surface area contributed by atoms with Crippen molar-refractivity contribution in [3.05, 3.63) is 12.4 Å². The maximum atomic E-state index is 13.6. The van der Waals surface area contributed by atoms with Crippen molar-refractivity contribution in [2.24, 2.45) is 0 Å². The number of carbonyl (C=O) groups excluding carboxylic acids is 1. The quantitative estimate of drug-likeness (QED) is 0.205. The molecule has 3 N–H and O–H groups in total. The Labute approximate surface area is 206 Å². The lowest BCUT2D eigenvalue weighted by Crippen LogP contribution is -2.41. The summed E-state index contributed by atoms with van der Waals surface area (Å²) in [4.78, 5) is 23.6. The van der Waals surface area contributed by atoms with E-state index in [0.29, 0.717) is 6.42 Å². The average molecular weight is 494 g/mol. The number of anilines is 1. The highest BCUT2D eigenvalue weighted by atomic mass is 19.1. The summed E-state index contributed by atoms with van der Waals surface area (Å²) < 4.78 is 26.6. The molecule has 9 nitrogen and oxygen atoms in total. The summed E-state index contributed by atoms with van der Waals surface area (Å²) in [6, 6.07) is 0. The smallest absolute Gasteiger partial charge is 0.312 e. The average Bonchev–Trinajstić information content (AvgIpc) is 3.37. The summed E-state index contributed by atoms with van der Waals surface area (Å²) in [7, 11) is 0. The first-order valence-corrected chi connectivity index (χ1v) is 13.0. The maximum absolute atomic E-state index is 13.6. The Kier molecular flexibility index (Phi) is 10.2. The van der Waals surface area contributed by atoms with Crippen molar-refractivity contribution in [3.8, 4) is 0 Å². The molecule has 0 saturated carbocycles. The number of hydrogen-bond donors (Lipinski definition) is 2. The minimum absolute atomic E-state index is 0.0658. The zero-order valence-corrected chi connectivity index (χ0v) is 21.0. The lowest BCUT2D eigenvalue weighted by Gasteiger charge is -2.27. The van der Waals surface area contributed by atoms with Gasteiger partial charge in [-0.1, -0.05) is 71.1 Å². The molecule has 3 atom stereocenters. The predicted molar refractivity (Wildman–Crippen MR) is 131 cm³/mol. The number of hydrogen-bond acceptors (Lipinski definition) is 8. The molecule has 196 valence electrons. The highest BCUT2D eigenvalue weighted by Gasteiger charge is 2.46. The number of carbonyl (C=O) groups is 1. The molecule has 0 unspecified atom stereocenters. The molecular formula is C25H40FN5O4. The number of imidazole rings is 1. The molecule has 0 amide bonds. The SMILES string of the molecule is CCCCCCCCCCCCCC(=O)OC[C@@]1(C)O[C@@H](n2cnc3c(N)nc(F)nc32)C[C@@H]1O. The monoisotopic (exact) mass is 493 g/mol. The Morgan fingerprint density at radius 1 is 1.17 bits per heavy atom. The highest BCUT2D eigenvalue weighted by molar-refractivity contribution is 5.81. The molecule has 1 aliphatic heterocycles. The molecule has 0 spiro atoms. The van der Waals surface area contributed by atoms with E-state index in [-0.39, 0.29) is 36.0 Å². The van der Waals surface area contributed by atoms with E-state index >= 15 is 0 Å². The molecule has 35 heavy (non-hydrogen) atoms. The summed E-state index contributed by atoms with van der Waals surface area (Å²) >= 11 is 0. The second kappa shape index (κ2) is 13.1. The van der Waals surface area contributed by atoms with Crippen molar-refractivity contribution in [2.45, 2.75) is 115 Å². The van der Waals surface area contributed by atoms with Crippen LogP contribution in [0.1, 0.15) is 104 Å². The van der Waals surface area contributed by atoms with Gasteiger partial charge in [0, 0.05) is 12.8 Å². The van der Waals surface area contributed by atoms with Crippen molar-refractivity contribution >= 4 is 23.0 Å². The van der Waals surface area contributed by atoms with Gasteiger partial charge in [0.1, 0.15) is 18.4 Å². The highest BCUT2D eigenvalue weighted by Crippen LogP contribution is 2.38. The molecule has 2 aromatic rings.